The van der Waals surface area contributed by atoms with Gasteiger partial charge in [0.1, 0.15) is 12.2 Å². The summed E-state index contributed by atoms with van der Waals surface area (Å²) < 4.78 is 45.5. The van der Waals surface area contributed by atoms with Crippen LogP contribution in [0.5, 0.6) is 0 Å². The number of hydrogen-bond acceptors (Lipinski definition) is 13. The maximum Gasteiger partial charge on any atom is 0.303 e. The summed E-state index contributed by atoms with van der Waals surface area (Å²) in [7, 11) is 0. The van der Waals surface area contributed by atoms with Gasteiger partial charge in [-0.05, 0) is 19.4 Å². The van der Waals surface area contributed by atoms with E-state index in [-0.39, 0.29) is 6.61 Å². The van der Waals surface area contributed by atoms with Crippen molar-refractivity contribution in [2.24, 2.45) is 0 Å². The zero-order valence-electron chi connectivity index (χ0n) is 23.2. The number of carbonyl (C=O) groups is 4. The van der Waals surface area contributed by atoms with Crippen molar-refractivity contribution in [3.05, 3.63) is 35.9 Å². The fraction of sp³-hybridized carbons (Fsp3) is 0.630. The summed E-state index contributed by atoms with van der Waals surface area (Å²) >= 11 is 0. The second kappa shape index (κ2) is 14.0. The van der Waals surface area contributed by atoms with Gasteiger partial charge in [-0.2, -0.15) is 0 Å². The SMILES string of the molecule is CC(=O)OC1C(O)OC(C)[C@H](OCc2ccccc2)[C@H]1O[C@@H]1OC(C)[C@H](OC(C)=O)[C@@H](OC(C)=O)C1OC(C)=O. The number of aliphatic hydroxyl groups excluding tert-OH is 1. The van der Waals surface area contributed by atoms with E-state index in [0.29, 0.717) is 0 Å². The van der Waals surface area contributed by atoms with Gasteiger partial charge in [0.15, 0.2) is 37.0 Å². The summed E-state index contributed by atoms with van der Waals surface area (Å²) in [5, 5.41) is 10.7. The molecule has 0 amide bonds. The van der Waals surface area contributed by atoms with Gasteiger partial charge in [-0.1, -0.05) is 30.3 Å². The molecule has 1 aromatic rings. The highest BCUT2D eigenvalue weighted by atomic mass is 16.8. The molecule has 0 saturated carbocycles. The zero-order valence-corrected chi connectivity index (χ0v) is 23.2. The normalized spacial score (nSPS) is 33.9. The molecular formula is C27H36O13. The Labute approximate surface area is 231 Å². The molecule has 2 fully saturated rings. The third kappa shape index (κ3) is 8.21. The van der Waals surface area contributed by atoms with E-state index in [2.05, 4.69) is 0 Å². The Hall–Kier alpha value is -3.10. The molecule has 10 atom stereocenters. The molecule has 1 aromatic carbocycles. The summed E-state index contributed by atoms with van der Waals surface area (Å²) in [6.07, 6.45) is -12.0. The fourth-order valence-corrected chi connectivity index (χ4v) is 4.69. The summed E-state index contributed by atoms with van der Waals surface area (Å²) in [6, 6.07) is 9.24. The van der Waals surface area contributed by atoms with Gasteiger partial charge in [0.2, 0.25) is 0 Å². The van der Waals surface area contributed by atoms with Crippen LogP contribution in [0.1, 0.15) is 47.1 Å². The minimum atomic E-state index is -1.59. The molecule has 2 aliphatic rings. The molecule has 2 heterocycles. The van der Waals surface area contributed by atoms with Crippen LogP contribution in [0.2, 0.25) is 0 Å². The molecule has 222 valence electrons. The van der Waals surface area contributed by atoms with Crippen LogP contribution in [0.4, 0.5) is 0 Å². The number of hydrogen-bond donors (Lipinski definition) is 1. The number of carbonyl (C=O) groups excluding carboxylic acids is 4. The highest BCUT2D eigenvalue weighted by Crippen LogP contribution is 2.34. The summed E-state index contributed by atoms with van der Waals surface area (Å²) in [4.78, 5) is 47.8. The van der Waals surface area contributed by atoms with Crippen LogP contribution in [-0.2, 0) is 63.7 Å². The van der Waals surface area contributed by atoms with Gasteiger partial charge < -0.3 is 43.0 Å². The number of ether oxygens (including phenoxy) is 8. The van der Waals surface area contributed by atoms with Gasteiger partial charge in [-0.3, -0.25) is 19.2 Å². The molecule has 13 nitrogen and oxygen atoms in total. The van der Waals surface area contributed by atoms with E-state index in [1.165, 1.54) is 6.92 Å². The van der Waals surface area contributed by atoms with Crippen molar-refractivity contribution in [3.63, 3.8) is 0 Å². The van der Waals surface area contributed by atoms with Crippen molar-refractivity contribution in [2.75, 3.05) is 0 Å². The summed E-state index contributed by atoms with van der Waals surface area (Å²) in [5.41, 5.74) is 0.836. The maximum absolute atomic E-state index is 12.1. The van der Waals surface area contributed by atoms with Crippen LogP contribution >= 0.6 is 0 Å². The lowest BCUT2D eigenvalue weighted by Crippen LogP contribution is -2.65. The largest absolute Gasteiger partial charge is 0.456 e. The van der Waals surface area contributed by atoms with Gasteiger partial charge in [0, 0.05) is 27.7 Å². The Kier molecular flexibility index (Phi) is 11.0. The Morgan fingerprint density at radius 1 is 0.675 bits per heavy atom. The highest BCUT2D eigenvalue weighted by molar-refractivity contribution is 5.68. The third-order valence-corrected chi connectivity index (χ3v) is 6.26. The fourth-order valence-electron chi connectivity index (χ4n) is 4.69. The molecular weight excluding hydrogens is 532 g/mol. The topological polar surface area (TPSA) is 162 Å². The van der Waals surface area contributed by atoms with Gasteiger partial charge in [-0.15, -0.1) is 0 Å². The standard InChI is InChI=1S/C27H36O13/c1-13-20(33-12-19-10-8-7-9-11-19)22(24(26(32)34-13)38-17(5)30)40-27-25(39-18(6)31)23(37-16(4)29)21(14(2)35-27)36-15(3)28/h7-11,13-14,20-27,32H,12H2,1-6H3/t13?,14?,20-,21-,22+,23+,24?,25?,26?,27-/m0/s1. The van der Waals surface area contributed by atoms with Crippen LogP contribution in [0.15, 0.2) is 30.3 Å². The van der Waals surface area contributed by atoms with Gasteiger partial charge in [0.25, 0.3) is 0 Å². The first-order valence-corrected chi connectivity index (χ1v) is 12.9. The lowest BCUT2D eigenvalue weighted by molar-refractivity contribution is -0.355. The quantitative estimate of drug-likeness (QED) is 0.334. The van der Waals surface area contributed by atoms with Crippen molar-refractivity contribution >= 4 is 23.9 Å². The average Bonchev–Trinajstić information content (AvgIpc) is 2.85. The molecule has 40 heavy (non-hydrogen) atoms. The minimum Gasteiger partial charge on any atom is -0.456 e. The molecule has 5 unspecified atom stereocenters. The van der Waals surface area contributed by atoms with Crippen molar-refractivity contribution < 1.29 is 62.2 Å². The molecule has 1 N–H and O–H groups in total. The number of esters is 4. The molecule has 0 aromatic heterocycles. The lowest BCUT2D eigenvalue weighted by Gasteiger charge is -2.48. The Morgan fingerprint density at radius 3 is 1.75 bits per heavy atom. The molecule has 3 rings (SSSR count). The smallest absolute Gasteiger partial charge is 0.303 e. The van der Waals surface area contributed by atoms with Crippen LogP contribution in [0, 0.1) is 0 Å². The minimum absolute atomic E-state index is 0.127. The molecule has 2 saturated heterocycles. The van der Waals surface area contributed by atoms with E-state index in [1.807, 2.05) is 30.3 Å². The summed E-state index contributed by atoms with van der Waals surface area (Å²) in [6.45, 7) is 7.93. The Bertz CT molecular complexity index is 1030. The van der Waals surface area contributed by atoms with Crippen LogP contribution in [0.25, 0.3) is 0 Å². The molecule has 2 aliphatic heterocycles. The monoisotopic (exact) mass is 568 g/mol. The van der Waals surface area contributed by atoms with E-state index < -0.39 is 85.3 Å². The second-order valence-corrected chi connectivity index (χ2v) is 9.60. The van der Waals surface area contributed by atoms with Crippen LogP contribution < -0.4 is 0 Å². The van der Waals surface area contributed by atoms with Crippen LogP contribution in [0.3, 0.4) is 0 Å². The predicted octanol–water partition coefficient (Wildman–Crippen LogP) is 1.17. The van der Waals surface area contributed by atoms with E-state index in [1.54, 1.807) is 13.8 Å². The highest BCUT2D eigenvalue weighted by Gasteiger charge is 2.55. The number of aliphatic hydroxyl groups is 1. The van der Waals surface area contributed by atoms with E-state index >= 15 is 0 Å². The Balaban J connectivity index is 1.98. The van der Waals surface area contributed by atoms with Crippen molar-refractivity contribution in [1.82, 2.24) is 0 Å². The van der Waals surface area contributed by atoms with Crippen molar-refractivity contribution in [3.8, 4) is 0 Å². The van der Waals surface area contributed by atoms with Crippen molar-refractivity contribution in [1.29, 1.82) is 0 Å². The molecule has 0 radical (unpaired) electrons. The third-order valence-electron chi connectivity index (χ3n) is 6.26. The molecule has 0 spiro atoms. The molecule has 13 heteroatoms. The first-order chi connectivity index (χ1) is 18.9. The zero-order chi connectivity index (χ0) is 29.6. The maximum atomic E-state index is 12.1. The number of rotatable bonds is 9. The van der Waals surface area contributed by atoms with Gasteiger partial charge >= 0.3 is 23.9 Å². The van der Waals surface area contributed by atoms with E-state index in [4.69, 9.17) is 37.9 Å². The number of benzene rings is 1. The predicted molar refractivity (Wildman–Crippen MR) is 133 cm³/mol. The second-order valence-electron chi connectivity index (χ2n) is 9.60. The van der Waals surface area contributed by atoms with Gasteiger partial charge in [-0.25, -0.2) is 0 Å². The first-order valence-electron chi connectivity index (χ1n) is 12.9. The van der Waals surface area contributed by atoms with E-state index in [0.717, 1.165) is 26.3 Å². The molecule has 0 aliphatic carbocycles. The van der Waals surface area contributed by atoms with Crippen molar-refractivity contribution in [2.45, 2.75) is 110 Å². The lowest BCUT2D eigenvalue weighted by atomic mass is 9.96. The molecule has 0 bridgehead atoms. The van der Waals surface area contributed by atoms with E-state index in [9.17, 15) is 24.3 Å². The first kappa shape index (κ1) is 31.4. The van der Waals surface area contributed by atoms with Gasteiger partial charge in [0.05, 0.1) is 18.8 Å². The average molecular weight is 569 g/mol. The van der Waals surface area contributed by atoms with Crippen LogP contribution in [-0.4, -0.2) is 90.4 Å². The Morgan fingerprint density at radius 2 is 1.18 bits per heavy atom. The summed E-state index contributed by atoms with van der Waals surface area (Å²) in [5.74, 6) is -2.89.